The van der Waals surface area contributed by atoms with E-state index in [-0.39, 0.29) is 10.8 Å². The van der Waals surface area contributed by atoms with Gasteiger partial charge in [0, 0.05) is 13.0 Å². The van der Waals surface area contributed by atoms with Gasteiger partial charge < -0.3 is 14.2 Å². The smallest absolute Gasteiger partial charge is 0.311 e. The van der Waals surface area contributed by atoms with Gasteiger partial charge in [0.1, 0.15) is 5.75 Å². The van der Waals surface area contributed by atoms with E-state index >= 15 is 0 Å². The monoisotopic (exact) mass is 553 g/mol. The van der Waals surface area contributed by atoms with Crippen molar-refractivity contribution < 1.29 is 32.2 Å². The number of methoxy groups -OCH3 is 1. The third kappa shape index (κ3) is 9.44. The maximum absolute atomic E-state index is 13.0. The lowest BCUT2D eigenvalue weighted by molar-refractivity contribution is -0.169. The summed E-state index contributed by atoms with van der Waals surface area (Å²) >= 11 is 0. The number of carbonyl (C=O) groups excluding carboxylic acids is 2. The first-order valence-electron chi connectivity index (χ1n) is 12.8. The molecule has 0 aliphatic heterocycles. The fourth-order valence-electron chi connectivity index (χ4n) is 4.17. The van der Waals surface area contributed by atoms with E-state index in [2.05, 4.69) is 4.72 Å². The minimum atomic E-state index is -3.81. The fraction of sp³-hybridized carbons (Fsp3) is 0.333. The lowest BCUT2D eigenvalue weighted by Crippen LogP contribution is -2.21. The second kappa shape index (κ2) is 14.3. The molecule has 8 nitrogen and oxygen atoms in total. The molecule has 3 rings (SSSR count). The number of rotatable bonds is 14. The molecular weight excluding hydrogens is 518 g/mol. The second-order valence-corrected chi connectivity index (χ2v) is 11.0. The number of hydrogen-bond acceptors (Lipinski definition) is 7. The van der Waals surface area contributed by atoms with Crippen molar-refractivity contribution in [2.24, 2.45) is 5.92 Å². The molecule has 0 aliphatic rings. The summed E-state index contributed by atoms with van der Waals surface area (Å²) in [7, 11) is -2.27. The Morgan fingerprint density at radius 2 is 1.62 bits per heavy atom. The molecule has 1 N–H and O–H groups in total. The van der Waals surface area contributed by atoms with Crippen LogP contribution in [0.3, 0.4) is 0 Å². The van der Waals surface area contributed by atoms with Gasteiger partial charge in [0.15, 0.2) is 0 Å². The molecule has 3 aromatic carbocycles. The number of esters is 2. The van der Waals surface area contributed by atoms with Crippen molar-refractivity contribution in [3.05, 3.63) is 89.5 Å². The third-order valence-corrected chi connectivity index (χ3v) is 7.69. The first-order valence-corrected chi connectivity index (χ1v) is 14.3. The molecule has 39 heavy (non-hydrogen) atoms. The van der Waals surface area contributed by atoms with Gasteiger partial charge in [0.2, 0.25) is 6.79 Å². The van der Waals surface area contributed by atoms with Gasteiger partial charge >= 0.3 is 11.9 Å². The summed E-state index contributed by atoms with van der Waals surface area (Å²) in [6, 6.07) is 21.8. The highest BCUT2D eigenvalue weighted by molar-refractivity contribution is 7.92. The number of sulfonamides is 1. The summed E-state index contributed by atoms with van der Waals surface area (Å²) in [6.45, 7) is 2.73. The number of carbonyl (C=O) groups is 2. The van der Waals surface area contributed by atoms with Crippen LogP contribution in [0.4, 0.5) is 5.69 Å². The molecule has 0 radical (unpaired) electrons. The zero-order valence-electron chi connectivity index (χ0n) is 22.5. The van der Waals surface area contributed by atoms with E-state index in [9.17, 15) is 18.0 Å². The van der Waals surface area contributed by atoms with Crippen LogP contribution in [-0.4, -0.2) is 34.3 Å². The summed E-state index contributed by atoms with van der Waals surface area (Å²) < 4.78 is 43.9. The van der Waals surface area contributed by atoms with Gasteiger partial charge in [-0.25, -0.2) is 8.42 Å². The van der Waals surface area contributed by atoms with Crippen LogP contribution in [0.2, 0.25) is 0 Å². The van der Waals surface area contributed by atoms with Crippen molar-refractivity contribution in [2.45, 2.75) is 50.8 Å². The molecule has 1 unspecified atom stereocenters. The van der Waals surface area contributed by atoms with E-state index in [0.29, 0.717) is 43.5 Å². The quantitative estimate of drug-likeness (QED) is 0.209. The molecule has 0 heterocycles. The molecule has 0 fully saturated rings. The number of ether oxygens (including phenoxy) is 3. The lowest BCUT2D eigenvalue weighted by atomic mass is 9.93. The summed E-state index contributed by atoms with van der Waals surface area (Å²) in [5, 5.41) is 0. The van der Waals surface area contributed by atoms with Crippen LogP contribution >= 0.6 is 0 Å². The first-order chi connectivity index (χ1) is 18.7. The van der Waals surface area contributed by atoms with E-state index in [1.807, 2.05) is 43.3 Å². The average Bonchev–Trinajstić information content (AvgIpc) is 2.92. The predicted octanol–water partition coefficient (Wildman–Crippen LogP) is 5.44. The highest BCUT2D eigenvalue weighted by Crippen LogP contribution is 2.25. The Balaban J connectivity index is 1.63. The molecule has 208 valence electrons. The molecular formula is C30H35NO7S. The van der Waals surface area contributed by atoms with Crippen molar-refractivity contribution in [3.8, 4) is 5.75 Å². The minimum Gasteiger partial charge on any atom is -0.496 e. The van der Waals surface area contributed by atoms with Crippen LogP contribution < -0.4 is 9.46 Å². The van der Waals surface area contributed by atoms with Gasteiger partial charge in [-0.1, -0.05) is 48.5 Å². The Morgan fingerprint density at radius 1 is 0.872 bits per heavy atom. The van der Waals surface area contributed by atoms with Gasteiger partial charge in [0.05, 0.1) is 23.6 Å². The van der Waals surface area contributed by atoms with Crippen LogP contribution in [-0.2, 0) is 41.9 Å². The normalized spacial score (nSPS) is 11.9. The molecule has 0 amide bonds. The summed E-state index contributed by atoms with van der Waals surface area (Å²) in [4.78, 5) is 23.9. The Hall–Kier alpha value is -3.85. The van der Waals surface area contributed by atoms with Crippen LogP contribution in [0.5, 0.6) is 5.75 Å². The molecule has 1 atom stereocenters. The van der Waals surface area contributed by atoms with Crippen molar-refractivity contribution in [2.75, 3.05) is 18.6 Å². The van der Waals surface area contributed by atoms with Crippen LogP contribution in [0, 0.1) is 12.8 Å². The molecule has 0 bridgehead atoms. The highest BCUT2D eigenvalue weighted by Gasteiger charge is 2.21. The van der Waals surface area contributed by atoms with E-state index in [4.69, 9.17) is 14.2 Å². The van der Waals surface area contributed by atoms with Crippen LogP contribution in [0.25, 0.3) is 0 Å². The van der Waals surface area contributed by atoms with E-state index in [0.717, 1.165) is 16.7 Å². The summed E-state index contributed by atoms with van der Waals surface area (Å²) in [6.07, 6.45) is 3.07. The highest BCUT2D eigenvalue weighted by atomic mass is 32.2. The van der Waals surface area contributed by atoms with Gasteiger partial charge in [0.25, 0.3) is 10.0 Å². The summed E-state index contributed by atoms with van der Waals surface area (Å²) in [5.74, 6) is -0.723. The van der Waals surface area contributed by atoms with Crippen molar-refractivity contribution in [1.82, 2.24) is 0 Å². The Morgan fingerprint density at radius 3 is 2.33 bits per heavy atom. The zero-order chi connectivity index (χ0) is 28.3. The zero-order valence-corrected chi connectivity index (χ0v) is 23.3. The number of nitrogens with one attached hydrogen (secondary N) is 1. The van der Waals surface area contributed by atoms with Gasteiger partial charge in [-0.05, 0) is 73.9 Å². The van der Waals surface area contributed by atoms with Gasteiger partial charge in [-0.15, -0.1) is 0 Å². The average molecular weight is 554 g/mol. The van der Waals surface area contributed by atoms with Crippen molar-refractivity contribution >= 4 is 27.6 Å². The number of hydrogen-bond donors (Lipinski definition) is 1. The largest absolute Gasteiger partial charge is 0.496 e. The molecule has 9 heteroatoms. The molecule has 3 aromatic rings. The second-order valence-electron chi connectivity index (χ2n) is 9.27. The molecule has 0 saturated heterocycles. The Labute approximate surface area is 230 Å². The standard InChI is InChI=1S/C30H35NO7S/c1-22-15-18-27(20-29(22)36-3)31-39(34,35)28-14-8-12-25(19-28)11-7-13-26(30(33)38-21-37-23(2)32)17-16-24-9-5-4-6-10-24/h4-6,8-10,12,14-15,18-20,26,31H,7,11,13,16-17,21H2,1-3H3. The SMILES string of the molecule is COc1cc(NS(=O)(=O)c2cccc(CCCC(CCc3ccccc3)C(=O)OCOC(C)=O)c2)ccc1C. The number of benzene rings is 3. The predicted molar refractivity (Wildman–Crippen MR) is 149 cm³/mol. The van der Waals surface area contributed by atoms with Crippen molar-refractivity contribution in [1.29, 1.82) is 0 Å². The van der Waals surface area contributed by atoms with E-state index in [1.165, 1.54) is 14.0 Å². The molecule has 0 spiro atoms. The third-order valence-electron chi connectivity index (χ3n) is 6.31. The van der Waals surface area contributed by atoms with E-state index < -0.39 is 28.8 Å². The first kappa shape index (κ1) is 29.7. The maximum Gasteiger partial charge on any atom is 0.311 e. The Kier molecular flexibility index (Phi) is 10.9. The van der Waals surface area contributed by atoms with Crippen LogP contribution in [0.15, 0.2) is 77.7 Å². The van der Waals surface area contributed by atoms with Crippen LogP contribution in [0.1, 0.15) is 42.9 Å². The minimum absolute atomic E-state index is 0.154. The van der Waals surface area contributed by atoms with Crippen molar-refractivity contribution in [3.63, 3.8) is 0 Å². The number of anilines is 1. The molecule has 0 aliphatic carbocycles. The molecule has 0 saturated carbocycles. The topological polar surface area (TPSA) is 108 Å². The van der Waals surface area contributed by atoms with Gasteiger partial charge in [-0.2, -0.15) is 0 Å². The number of aryl methyl sites for hydroxylation is 3. The van der Waals surface area contributed by atoms with E-state index in [1.54, 1.807) is 36.4 Å². The lowest BCUT2D eigenvalue weighted by Gasteiger charge is -2.16. The molecule has 0 aromatic heterocycles. The maximum atomic E-state index is 13.0. The van der Waals surface area contributed by atoms with Gasteiger partial charge in [-0.3, -0.25) is 14.3 Å². The fourth-order valence-corrected chi connectivity index (χ4v) is 5.29. The Bertz CT molecular complexity index is 1360. The summed E-state index contributed by atoms with van der Waals surface area (Å²) in [5.41, 5.74) is 3.28.